The van der Waals surface area contributed by atoms with Gasteiger partial charge in [0.15, 0.2) is 5.79 Å². The Bertz CT molecular complexity index is 588. The second-order valence-corrected chi connectivity index (χ2v) is 5.82. The maximum absolute atomic E-state index is 9.32. The topological polar surface area (TPSA) is 67.4 Å². The molecular weight excluding hydrogens is 304 g/mol. The highest BCUT2D eigenvalue weighted by atomic mass is 35.5. The lowest BCUT2D eigenvalue weighted by molar-refractivity contribution is -0.185. The number of benzene rings is 1. The number of nitrogens with one attached hydrogen (secondary N) is 1. The summed E-state index contributed by atoms with van der Waals surface area (Å²) < 4.78 is 11.9. The highest BCUT2D eigenvalue weighted by Crippen LogP contribution is 2.39. The third-order valence-corrected chi connectivity index (χ3v) is 4.07. The number of nitrogens with zero attached hydrogens (tertiary/aromatic N) is 1. The van der Waals surface area contributed by atoms with Crippen LogP contribution in [0, 0.1) is 0 Å². The van der Waals surface area contributed by atoms with Gasteiger partial charge in [0.25, 0.3) is 0 Å². The minimum atomic E-state index is -0.815. The first-order valence-corrected chi connectivity index (χ1v) is 7.76. The lowest BCUT2D eigenvalue weighted by Crippen LogP contribution is -2.29. The molecule has 6 heteroatoms. The molecular formula is C16H19ClN2O3. The average molecular weight is 323 g/mol. The molecule has 2 atom stereocenters. The number of aliphatic hydroxyl groups is 1. The Morgan fingerprint density at radius 3 is 2.82 bits per heavy atom. The number of halogens is 1. The maximum Gasteiger partial charge on any atom is 0.195 e. The van der Waals surface area contributed by atoms with Crippen LogP contribution in [0.4, 0.5) is 0 Å². The van der Waals surface area contributed by atoms with E-state index in [2.05, 4.69) is 9.97 Å². The first kappa shape index (κ1) is 15.5. The van der Waals surface area contributed by atoms with E-state index in [0.717, 1.165) is 24.2 Å². The van der Waals surface area contributed by atoms with Crippen LogP contribution in [0.3, 0.4) is 0 Å². The molecule has 1 aromatic carbocycles. The summed E-state index contributed by atoms with van der Waals surface area (Å²) in [6.07, 6.45) is 5.63. The fourth-order valence-corrected chi connectivity index (χ4v) is 2.83. The second kappa shape index (κ2) is 6.79. The highest BCUT2D eigenvalue weighted by Gasteiger charge is 2.42. The molecule has 1 saturated heterocycles. The van der Waals surface area contributed by atoms with Crippen molar-refractivity contribution >= 4 is 11.6 Å². The summed E-state index contributed by atoms with van der Waals surface area (Å²) in [5.74, 6) is 0.132. The summed E-state index contributed by atoms with van der Waals surface area (Å²) in [5, 5.41) is 10.00. The molecule has 0 unspecified atom stereocenters. The largest absolute Gasteiger partial charge is 0.394 e. The number of hydrogen-bond acceptors (Lipinski definition) is 4. The molecule has 0 amide bonds. The molecule has 2 N–H and O–H groups in total. The van der Waals surface area contributed by atoms with Crippen molar-refractivity contribution in [3.05, 3.63) is 53.1 Å². The predicted octanol–water partition coefficient (Wildman–Crippen LogP) is 2.65. The molecule has 0 aliphatic carbocycles. The Kier molecular flexibility index (Phi) is 4.78. The van der Waals surface area contributed by atoms with Crippen LogP contribution in [0.2, 0.25) is 5.02 Å². The number of imidazole rings is 1. The smallest absolute Gasteiger partial charge is 0.195 e. The number of aryl methyl sites for hydroxylation is 1. The normalized spacial score (nSPS) is 24.7. The summed E-state index contributed by atoms with van der Waals surface area (Å²) in [4.78, 5) is 7.32. The molecule has 0 radical (unpaired) electrons. The van der Waals surface area contributed by atoms with Gasteiger partial charge in [-0.05, 0) is 18.6 Å². The van der Waals surface area contributed by atoms with E-state index in [1.54, 1.807) is 6.20 Å². The van der Waals surface area contributed by atoms with E-state index in [0.29, 0.717) is 18.1 Å². The lowest BCUT2D eigenvalue weighted by Gasteiger charge is -2.28. The highest BCUT2D eigenvalue weighted by molar-refractivity contribution is 6.30. The quantitative estimate of drug-likeness (QED) is 0.858. The molecule has 0 spiro atoms. The van der Waals surface area contributed by atoms with Gasteiger partial charge in [-0.2, -0.15) is 0 Å². The molecule has 1 aliphatic heterocycles. The van der Waals surface area contributed by atoms with Crippen LogP contribution in [0.15, 0.2) is 36.7 Å². The van der Waals surface area contributed by atoms with Crippen molar-refractivity contribution in [1.82, 2.24) is 9.97 Å². The summed E-state index contributed by atoms with van der Waals surface area (Å²) in [5.41, 5.74) is 0.923. The number of hydrogen-bond donors (Lipinski definition) is 2. The van der Waals surface area contributed by atoms with Crippen molar-refractivity contribution < 1.29 is 14.6 Å². The molecule has 5 nitrogen and oxygen atoms in total. The number of aromatic amines is 1. The van der Waals surface area contributed by atoms with Crippen LogP contribution in [0.5, 0.6) is 0 Å². The Hall–Kier alpha value is -1.40. The molecule has 2 aromatic rings. The molecule has 1 aromatic heterocycles. The Morgan fingerprint density at radius 1 is 1.36 bits per heavy atom. The van der Waals surface area contributed by atoms with Crippen molar-refractivity contribution in [2.45, 2.75) is 31.2 Å². The molecule has 3 rings (SSSR count). The maximum atomic E-state index is 9.32. The summed E-state index contributed by atoms with van der Waals surface area (Å²) >= 11 is 5.96. The number of H-pyrrole nitrogens is 1. The molecule has 0 saturated carbocycles. The molecule has 0 bridgehead atoms. The van der Waals surface area contributed by atoms with Crippen LogP contribution in [-0.4, -0.2) is 34.4 Å². The van der Waals surface area contributed by atoms with Gasteiger partial charge in [0.1, 0.15) is 11.9 Å². The van der Waals surface area contributed by atoms with Crippen LogP contribution < -0.4 is 0 Å². The van der Waals surface area contributed by atoms with Gasteiger partial charge in [0, 0.05) is 35.8 Å². The molecule has 118 valence electrons. The number of rotatable bonds is 6. The fraction of sp³-hybridized carbons (Fsp3) is 0.438. The fourth-order valence-electron chi connectivity index (χ4n) is 2.71. The van der Waals surface area contributed by atoms with Crippen molar-refractivity contribution in [3.8, 4) is 0 Å². The number of ether oxygens (including phenoxy) is 2. The van der Waals surface area contributed by atoms with Crippen LogP contribution in [-0.2, 0) is 21.7 Å². The second-order valence-electron chi connectivity index (χ2n) is 5.38. The zero-order valence-electron chi connectivity index (χ0n) is 12.2. The van der Waals surface area contributed by atoms with E-state index in [9.17, 15) is 5.11 Å². The first-order valence-electron chi connectivity index (χ1n) is 7.39. The third-order valence-electron chi connectivity index (χ3n) is 3.82. The van der Waals surface area contributed by atoms with Gasteiger partial charge in [0.05, 0.1) is 13.2 Å². The van der Waals surface area contributed by atoms with E-state index in [1.165, 1.54) is 0 Å². The minimum absolute atomic E-state index is 0.0481. The lowest BCUT2D eigenvalue weighted by atomic mass is 9.99. The van der Waals surface area contributed by atoms with E-state index in [-0.39, 0.29) is 12.7 Å². The predicted molar refractivity (Wildman–Crippen MR) is 82.6 cm³/mol. The number of aromatic nitrogens is 2. The zero-order chi connectivity index (χ0) is 15.4. The van der Waals surface area contributed by atoms with Crippen molar-refractivity contribution in [2.75, 3.05) is 13.2 Å². The number of aliphatic hydroxyl groups excluding tert-OH is 1. The monoisotopic (exact) mass is 322 g/mol. The first-order chi connectivity index (χ1) is 10.7. The van der Waals surface area contributed by atoms with Crippen LogP contribution in [0.1, 0.15) is 24.2 Å². The molecule has 22 heavy (non-hydrogen) atoms. The van der Waals surface area contributed by atoms with Gasteiger partial charge in [-0.15, -0.1) is 0 Å². The molecule has 1 fully saturated rings. The van der Waals surface area contributed by atoms with Gasteiger partial charge >= 0.3 is 0 Å². The van der Waals surface area contributed by atoms with Crippen molar-refractivity contribution in [3.63, 3.8) is 0 Å². The minimum Gasteiger partial charge on any atom is -0.394 e. The molecule has 1 aliphatic rings. The van der Waals surface area contributed by atoms with E-state index in [4.69, 9.17) is 21.1 Å². The summed E-state index contributed by atoms with van der Waals surface area (Å²) in [7, 11) is 0. The van der Waals surface area contributed by atoms with Gasteiger partial charge in [-0.1, -0.05) is 23.7 Å². The van der Waals surface area contributed by atoms with E-state index in [1.807, 2.05) is 30.5 Å². The summed E-state index contributed by atoms with van der Waals surface area (Å²) in [6.45, 7) is 0.341. The standard InChI is InChI=1S/C16H19ClN2O3/c17-13-5-3-12(4-6-13)16(21-11-14(10-20)22-16)7-1-2-15-18-8-9-19-15/h3-6,8-9,14,20H,1-2,7,10-11H2,(H,18,19)/t14-,16-/m0/s1. The van der Waals surface area contributed by atoms with E-state index >= 15 is 0 Å². The summed E-state index contributed by atoms with van der Waals surface area (Å²) in [6, 6.07) is 7.47. The van der Waals surface area contributed by atoms with Crippen molar-refractivity contribution in [2.24, 2.45) is 0 Å². The van der Waals surface area contributed by atoms with Gasteiger partial charge in [-0.3, -0.25) is 0 Å². The van der Waals surface area contributed by atoms with Gasteiger partial charge in [-0.25, -0.2) is 4.98 Å². The van der Waals surface area contributed by atoms with E-state index < -0.39 is 5.79 Å². The molecule has 2 heterocycles. The Morgan fingerprint density at radius 2 is 2.18 bits per heavy atom. The average Bonchev–Trinajstić information content (AvgIpc) is 3.18. The van der Waals surface area contributed by atoms with Crippen LogP contribution >= 0.6 is 11.6 Å². The van der Waals surface area contributed by atoms with Gasteiger partial charge < -0.3 is 19.6 Å². The Balaban J connectivity index is 1.73. The Labute approximate surface area is 134 Å². The zero-order valence-corrected chi connectivity index (χ0v) is 12.9. The van der Waals surface area contributed by atoms with Gasteiger partial charge in [0.2, 0.25) is 0 Å². The van der Waals surface area contributed by atoms with Crippen molar-refractivity contribution in [1.29, 1.82) is 0 Å². The third kappa shape index (κ3) is 3.33. The van der Waals surface area contributed by atoms with Crippen LogP contribution in [0.25, 0.3) is 0 Å². The SMILES string of the molecule is OC[C@H]1CO[C@](CCCc2ncc[nH]2)(c2ccc(Cl)cc2)O1.